The van der Waals surface area contributed by atoms with Gasteiger partial charge in [-0.1, -0.05) is 42.5 Å². The molecule has 0 spiro atoms. The molecule has 0 aromatic rings. The van der Waals surface area contributed by atoms with E-state index in [1.54, 1.807) is 0 Å². The van der Waals surface area contributed by atoms with Gasteiger partial charge in [-0.2, -0.15) is 0 Å². The molecule has 0 saturated carbocycles. The summed E-state index contributed by atoms with van der Waals surface area (Å²) in [4.78, 5) is 14.4. The first-order valence-corrected chi connectivity index (χ1v) is 6.95. The van der Waals surface area contributed by atoms with Gasteiger partial charge in [0.25, 0.3) is 0 Å². The topological polar surface area (TPSA) is 32.3 Å². The van der Waals surface area contributed by atoms with Gasteiger partial charge in [0.1, 0.15) is 0 Å². The van der Waals surface area contributed by atoms with Crippen molar-refractivity contribution in [1.29, 1.82) is 0 Å². The molecule has 3 atom stereocenters. The highest BCUT2D eigenvalue weighted by atomic mass is 16.2. The Balaban J connectivity index is 2.05. The van der Waals surface area contributed by atoms with E-state index in [-0.39, 0.29) is 11.8 Å². The third-order valence-electron chi connectivity index (χ3n) is 4.35. The monoisotopic (exact) mass is 256 g/mol. The first-order chi connectivity index (χ1) is 9.27. The summed E-state index contributed by atoms with van der Waals surface area (Å²) in [6.07, 6.45) is 14.2. The molecule has 2 saturated heterocycles. The van der Waals surface area contributed by atoms with Gasteiger partial charge in [-0.25, -0.2) is 0 Å². The van der Waals surface area contributed by atoms with Gasteiger partial charge in [-0.3, -0.25) is 4.79 Å². The molecule has 3 rings (SSSR count). The van der Waals surface area contributed by atoms with E-state index >= 15 is 0 Å². The molecule has 2 heterocycles. The second-order valence-electron chi connectivity index (χ2n) is 5.57. The summed E-state index contributed by atoms with van der Waals surface area (Å²) >= 11 is 0. The Kier molecular flexibility index (Phi) is 3.38. The number of likely N-dealkylation sites (tertiary alicyclic amines) is 1. The predicted octanol–water partition coefficient (Wildman–Crippen LogP) is 1.52. The van der Waals surface area contributed by atoms with Crippen molar-refractivity contribution in [3.8, 4) is 0 Å². The average Bonchev–Trinajstić information content (AvgIpc) is 2.85. The minimum atomic E-state index is 0.176. The van der Waals surface area contributed by atoms with Crippen molar-refractivity contribution in [2.24, 2.45) is 17.8 Å². The second kappa shape index (κ2) is 5.17. The van der Waals surface area contributed by atoms with Crippen LogP contribution in [0, 0.1) is 17.8 Å². The van der Waals surface area contributed by atoms with Gasteiger partial charge >= 0.3 is 0 Å². The Morgan fingerprint density at radius 3 is 2.84 bits per heavy atom. The number of carbonyl (C=O) groups excluding carboxylic acids is 1. The SMILES string of the molecule is CN1CC2CNCC2C2C=C\C=C/C=C\C=C/2C1=O. The third kappa shape index (κ3) is 2.30. The third-order valence-corrected chi connectivity index (χ3v) is 4.35. The number of hydrogen-bond acceptors (Lipinski definition) is 2. The molecule has 100 valence electrons. The minimum Gasteiger partial charge on any atom is -0.342 e. The zero-order valence-corrected chi connectivity index (χ0v) is 11.3. The Labute approximate surface area is 114 Å². The van der Waals surface area contributed by atoms with Crippen LogP contribution in [0.1, 0.15) is 0 Å². The first-order valence-electron chi connectivity index (χ1n) is 6.95. The van der Waals surface area contributed by atoms with Crippen LogP contribution in [0.3, 0.4) is 0 Å². The normalized spacial score (nSPS) is 40.1. The standard InChI is InChI=1S/C16H20N2O/c1-18-11-12-9-17-10-15(12)13-7-5-3-2-4-6-8-14(13)16(18)19/h2-8,12-13,15,17H,9-11H2,1H3/b3-2-,6-4-,7-5?,14-8+. The molecular weight excluding hydrogens is 236 g/mol. The van der Waals surface area contributed by atoms with Gasteiger partial charge in [0, 0.05) is 31.6 Å². The highest BCUT2D eigenvalue weighted by Gasteiger charge is 2.40. The number of allylic oxidation sites excluding steroid dienone is 7. The van der Waals surface area contributed by atoms with E-state index in [0.29, 0.717) is 11.8 Å². The second-order valence-corrected chi connectivity index (χ2v) is 5.57. The van der Waals surface area contributed by atoms with Crippen LogP contribution in [0.4, 0.5) is 0 Å². The lowest BCUT2D eigenvalue weighted by molar-refractivity contribution is -0.126. The Morgan fingerprint density at radius 1 is 1.16 bits per heavy atom. The number of amides is 1. The van der Waals surface area contributed by atoms with Gasteiger partial charge in [-0.05, 0) is 18.4 Å². The van der Waals surface area contributed by atoms with E-state index in [4.69, 9.17) is 0 Å². The van der Waals surface area contributed by atoms with Crippen LogP contribution in [-0.4, -0.2) is 37.5 Å². The molecular formula is C16H20N2O. The Hall–Kier alpha value is -1.61. The molecule has 2 aliphatic heterocycles. The van der Waals surface area contributed by atoms with Crippen LogP contribution in [0.25, 0.3) is 0 Å². The van der Waals surface area contributed by atoms with Crippen LogP contribution in [-0.2, 0) is 4.79 Å². The van der Waals surface area contributed by atoms with Gasteiger partial charge in [0.15, 0.2) is 0 Å². The fourth-order valence-electron chi connectivity index (χ4n) is 3.37. The quantitative estimate of drug-likeness (QED) is 0.712. The van der Waals surface area contributed by atoms with E-state index in [1.807, 2.05) is 42.3 Å². The number of likely N-dealkylation sites (N-methyl/N-ethyl adjacent to an activating group) is 1. The van der Waals surface area contributed by atoms with Crippen molar-refractivity contribution in [1.82, 2.24) is 10.2 Å². The first kappa shape index (κ1) is 12.4. The van der Waals surface area contributed by atoms with Crippen molar-refractivity contribution in [2.45, 2.75) is 0 Å². The average molecular weight is 256 g/mol. The fourth-order valence-corrected chi connectivity index (χ4v) is 3.37. The van der Waals surface area contributed by atoms with E-state index in [2.05, 4.69) is 17.5 Å². The molecule has 3 nitrogen and oxygen atoms in total. The molecule has 0 radical (unpaired) electrons. The number of carbonyl (C=O) groups is 1. The molecule has 2 fully saturated rings. The largest absolute Gasteiger partial charge is 0.342 e. The summed E-state index contributed by atoms with van der Waals surface area (Å²) in [6.45, 7) is 2.88. The van der Waals surface area contributed by atoms with Gasteiger partial charge in [0.2, 0.25) is 5.91 Å². The number of hydrogen-bond donors (Lipinski definition) is 1. The lowest BCUT2D eigenvalue weighted by atomic mass is 9.80. The van der Waals surface area contributed by atoms with Crippen LogP contribution in [0.5, 0.6) is 0 Å². The van der Waals surface area contributed by atoms with Gasteiger partial charge in [-0.15, -0.1) is 0 Å². The molecule has 0 aromatic heterocycles. The predicted molar refractivity (Wildman–Crippen MR) is 76.5 cm³/mol. The van der Waals surface area contributed by atoms with E-state index < -0.39 is 0 Å². The molecule has 3 unspecified atom stereocenters. The van der Waals surface area contributed by atoms with Gasteiger partial charge in [0.05, 0.1) is 0 Å². The molecule has 0 bridgehead atoms. The maximum atomic E-state index is 12.5. The summed E-state index contributed by atoms with van der Waals surface area (Å²) in [6, 6.07) is 0. The van der Waals surface area contributed by atoms with Crippen LogP contribution in [0.2, 0.25) is 0 Å². The molecule has 1 amide bonds. The van der Waals surface area contributed by atoms with Crippen molar-refractivity contribution >= 4 is 5.91 Å². The number of nitrogens with zero attached hydrogens (tertiary/aromatic N) is 1. The number of nitrogens with one attached hydrogen (secondary N) is 1. The highest BCUT2D eigenvalue weighted by molar-refractivity contribution is 5.95. The Morgan fingerprint density at radius 2 is 1.95 bits per heavy atom. The summed E-state index contributed by atoms with van der Waals surface area (Å²) < 4.78 is 0. The van der Waals surface area contributed by atoms with Crippen molar-refractivity contribution in [3.05, 3.63) is 48.1 Å². The summed E-state index contributed by atoms with van der Waals surface area (Å²) in [5.74, 6) is 1.49. The van der Waals surface area contributed by atoms with Crippen molar-refractivity contribution in [2.75, 3.05) is 26.7 Å². The van der Waals surface area contributed by atoms with Crippen LogP contribution in [0.15, 0.2) is 48.1 Å². The van der Waals surface area contributed by atoms with Crippen molar-refractivity contribution < 1.29 is 4.79 Å². The maximum Gasteiger partial charge on any atom is 0.250 e. The molecule has 1 aliphatic carbocycles. The smallest absolute Gasteiger partial charge is 0.250 e. The molecule has 19 heavy (non-hydrogen) atoms. The zero-order chi connectivity index (χ0) is 13.2. The number of fused-ring (bicyclic) bond motifs is 3. The summed E-state index contributed by atoms with van der Waals surface area (Å²) in [7, 11) is 1.92. The van der Waals surface area contributed by atoms with E-state index in [9.17, 15) is 4.79 Å². The summed E-state index contributed by atoms with van der Waals surface area (Å²) in [5.41, 5.74) is 0.926. The van der Waals surface area contributed by atoms with Crippen LogP contribution >= 0.6 is 0 Å². The molecule has 1 N–H and O–H groups in total. The van der Waals surface area contributed by atoms with Gasteiger partial charge < -0.3 is 10.2 Å². The molecule has 3 heteroatoms. The van der Waals surface area contributed by atoms with Crippen molar-refractivity contribution in [3.63, 3.8) is 0 Å². The van der Waals surface area contributed by atoms with Crippen LogP contribution < -0.4 is 5.32 Å². The zero-order valence-electron chi connectivity index (χ0n) is 11.3. The Bertz CT molecular complexity index is 487. The van der Waals surface area contributed by atoms with E-state index in [0.717, 1.165) is 25.2 Å². The highest BCUT2D eigenvalue weighted by Crippen LogP contribution is 2.35. The lowest BCUT2D eigenvalue weighted by Crippen LogP contribution is -2.31. The summed E-state index contributed by atoms with van der Waals surface area (Å²) in [5, 5.41) is 3.48. The minimum absolute atomic E-state index is 0.176. The maximum absolute atomic E-state index is 12.5. The number of rotatable bonds is 0. The van der Waals surface area contributed by atoms with E-state index in [1.165, 1.54) is 0 Å². The fraction of sp³-hybridized carbons (Fsp3) is 0.438. The lowest BCUT2D eigenvalue weighted by Gasteiger charge is -2.22. The molecule has 3 aliphatic rings. The molecule has 0 aromatic carbocycles.